The molecule has 1 aromatic carbocycles. The van der Waals surface area contributed by atoms with Crippen LogP contribution < -0.4 is 5.46 Å². The van der Waals surface area contributed by atoms with Crippen molar-refractivity contribution >= 4 is 18.9 Å². The molecule has 0 unspecified atom stereocenters. The first kappa shape index (κ1) is 8.37. The molecule has 2 rings (SSSR count). The van der Waals surface area contributed by atoms with Crippen LogP contribution >= 0.6 is 0 Å². The molecule has 2 radical (unpaired) electrons. The first-order valence-corrected chi connectivity index (χ1v) is 4.59. The Morgan fingerprint density at radius 1 is 1.00 bits per heavy atom. The molecule has 13 heavy (non-hydrogen) atoms. The minimum Gasteiger partial charge on any atom is -0.0966 e. The van der Waals surface area contributed by atoms with Crippen molar-refractivity contribution in [1.29, 1.82) is 0 Å². The van der Waals surface area contributed by atoms with Gasteiger partial charge in [0.05, 0.1) is 0 Å². The molecule has 0 aliphatic heterocycles. The number of rotatable bonds is 1. The van der Waals surface area contributed by atoms with Gasteiger partial charge in [0.25, 0.3) is 0 Å². The quantitative estimate of drug-likeness (QED) is 0.561. The van der Waals surface area contributed by atoms with Crippen LogP contribution in [0.3, 0.4) is 0 Å². The lowest BCUT2D eigenvalue weighted by Crippen LogP contribution is -2.00. The Morgan fingerprint density at radius 3 is 2.38 bits per heavy atom. The largest absolute Gasteiger partial charge is 0.113 e. The molecule has 0 atom stereocenters. The van der Waals surface area contributed by atoms with Crippen molar-refractivity contribution in [1.82, 2.24) is 0 Å². The predicted octanol–water partition coefficient (Wildman–Crippen LogP) is 2.21. The fourth-order valence-corrected chi connectivity index (χ4v) is 1.50. The Balaban J connectivity index is 2.30. The Bertz CT molecular complexity index is 344. The van der Waals surface area contributed by atoms with E-state index in [-0.39, 0.29) is 0 Å². The summed E-state index contributed by atoms with van der Waals surface area (Å²) in [5, 5.41) is 0. The van der Waals surface area contributed by atoms with Gasteiger partial charge in [0.1, 0.15) is 7.85 Å². The van der Waals surface area contributed by atoms with E-state index in [1.54, 1.807) is 0 Å². The minimum atomic E-state index is 0.823. The fraction of sp³-hybridized carbons (Fsp3) is 0.167. The van der Waals surface area contributed by atoms with Crippen LogP contribution in [0.15, 0.2) is 42.5 Å². The van der Waals surface area contributed by atoms with E-state index in [1.807, 2.05) is 12.1 Å². The third-order valence-electron chi connectivity index (χ3n) is 2.24. The SMILES string of the molecule is [B]c1ccc(C2=CCCC=C2)cc1. The standard InChI is InChI=1S/C12H11B/c13-12-8-6-11(7-9-12)10-4-2-1-3-5-10/h2,4-9H,1,3H2. The molecular formula is C12H11B. The molecule has 1 aromatic rings. The number of allylic oxidation sites excluding steroid dienone is 4. The van der Waals surface area contributed by atoms with Gasteiger partial charge >= 0.3 is 0 Å². The molecule has 0 heterocycles. The predicted molar refractivity (Wildman–Crippen MR) is 58.2 cm³/mol. The van der Waals surface area contributed by atoms with E-state index in [2.05, 4.69) is 30.4 Å². The number of hydrogen-bond donors (Lipinski definition) is 0. The molecule has 0 nitrogen and oxygen atoms in total. The monoisotopic (exact) mass is 166 g/mol. The Hall–Kier alpha value is -1.24. The second-order valence-electron chi connectivity index (χ2n) is 3.26. The zero-order chi connectivity index (χ0) is 9.10. The van der Waals surface area contributed by atoms with Crippen LogP contribution in [0.25, 0.3) is 5.57 Å². The molecule has 0 spiro atoms. The van der Waals surface area contributed by atoms with E-state index in [0.717, 1.165) is 11.9 Å². The number of hydrogen-bond acceptors (Lipinski definition) is 0. The summed E-state index contributed by atoms with van der Waals surface area (Å²) in [5.74, 6) is 0. The van der Waals surface area contributed by atoms with Gasteiger partial charge in [-0.3, -0.25) is 0 Å². The van der Waals surface area contributed by atoms with E-state index >= 15 is 0 Å². The highest BCUT2D eigenvalue weighted by Gasteiger charge is 1.99. The molecule has 0 saturated carbocycles. The lowest BCUT2D eigenvalue weighted by molar-refractivity contribution is 1.04. The van der Waals surface area contributed by atoms with E-state index in [0.29, 0.717) is 0 Å². The summed E-state index contributed by atoms with van der Waals surface area (Å²) in [7, 11) is 5.62. The van der Waals surface area contributed by atoms with Crippen LogP contribution in [0.5, 0.6) is 0 Å². The summed E-state index contributed by atoms with van der Waals surface area (Å²) in [6, 6.07) is 8.02. The van der Waals surface area contributed by atoms with E-state index in [4.69, 9.17) is 7.85 Å². The summed E-state index contributed by atoms with van der Waals surface area (Å²) in [5.41, 5.74) is 3.39. The van der Waals surface area contributed by atoms with Gasteiger partial charge in [0, 0.05) is 0 Å². The van der Waals surface area contributed by atoms with E-state index < -0.39 is 0 Å². The van der Waals surface area contributed by atoms with E-state index in [1.165, 1.54) is 17.6 Å². The van der Waals surface area contributed by atoms with Gasteiger partial charge in [-0.05, 0) is 24.0 Å². The van der Waals surface area contributed by atoms with Gasteiger partial charge in [-0.15, -0.1) is 0 Å². The Kier molecular flexibility index (Phi) is 2.35. The van der Waals surface area contributed by atoms with Crippen molar-refractivity contribution < 1.29 is 0 Å². The average molecular weight is 166 g/mol. The normalized spacial score (nSPS) is 15.5. The Labute approximate surface area is 80.4 Å². The summed E-state index contributed by atoms with van der Waals surface area (Å²) in [6.45, 7) is 0. The van der Waals surface area contributed by atoms with Crippen molar-refractivity contribution in [3.05, 3.63) is 48.1 Å². The third kappa shape index (κ3) is 1.92. The minimum absolute atomic E-state index is 0.823. The zero-order valence-electron chi connectivity index (χ0n) is 7.53. The Morgan fingerprint density at radius 2 is 1.77 bits per heavy atom. The summed E-state index contributed by atoms with van der Waals surface area (Å²) in [6.07, 6.45) is 8.97. The molecule has 1 heteroatoms. The molecule has 0 saturated heterocycles. The maximum absolute atomic E-state index is 5.62. The lowest BCUT2D eigenvalue weighted by Gasteiger charge is -2.07. The second-order valence-corrected chi connectivity index (χ2v) is 3.26. The molecule has 0 N–H and O–H groups in total. The maximum Gasteiger partial charge on any atom is 0.113 e. The van der Waals surface area contributed by atoms with Crippen LogP contribution in [-0.4, -0.2) is 7.85 Å². The average Bonchev–Trinajstić information content (AvgIpc) is 2.20. The highest BCUT2D eigenvalue weighted by Crippen LogP contribution is 2.19. The molecule has 0 aromatic heterocycles. The lowest BCUT2D eigenvalue weighted by atomic mass is 9.92. The van der Waals surface area contributed by atoms with Crippen LogP contribution in [0.1, 0.15) is 18.4 Å². The first-order valence-electron chi connectivity index (χ1n) is 4.59. The van der Waals surface area contributed by atoms with Crippen molar-refractivity contribution in [2.45, 2.75) is 12.8 Å². The molecule has 1 aliphatic carbocycles. The maximum atomic E-state index is 5.62. The van der Waals surface area contributed by atoms with Crippen LogP contribution in [0.2, 0.25) is 0 Å². The van der Waals surface area contributed by atoms with Crippen molar-refractivity contribution in [3.63, 3.8) is 0 Å². The molecular weight excluding hydrogens is 155 g/mol. The van der Waals surface area contributed by atoms with Gasteiger partial charge in [-0.1, -0.05) is 48.0 Å². The van der Waals surface area contributed by atoms with Crippen molar-refractivity contribution in [3.8, 4) is 0 Å². The molecule has 62 valence electrons. The fourth-order valence-electron chi connectivity index (χ4n) is 1.50. The summed E-state index contributed by atoms with van der Waals surface area (Å²) in [4.78, 5) is 0. The molecule has 0 bridgehead atoms. The highest BCUT2D eigenvalue weighted by molar-refractivity contribution is 6.32. The molecule has 0 fully saturated rings. The van der Waals surface area contributed by atoms with Crippen molar-refractivity contribution in [2.24, 2.45) is 0 Å². The van der Waals surface area contributed by atoms with Crippen LogP contribution in [0, 0.1) is 0 Å². The summed E-state index contributed by atoms with van der Waals surface area (Å²) >= 11 is 0. The van der Waals surface area contributed by atoms with Gasteiger partial charge in [0.2, 0.25) is 0 Å². The van der Waals surface area contributed by atoms with E-state index in [9.17, 15) is 0 Å². The van der Waals surface area contributed by atoms with Gasteiger partial charge in [0.15, 0.2) is 0 Å². The van der Waals surface area contributed by atoms with Crippen LogP contribution in [-0.2, 0) is 0 Å². The highest BCUT2D eigenvalue weighted by atomic mass is 14.0. The molecule has 0 amide bonds. The van der Waals surface area contributed by atoms with Gasteiger partial charge in [-0.25, -0.2) is 0 Å². The summed E-state index contributed by atoms with van der Waals surface area (Å²) < 4.78 is 0. The number of benzene rings is 1. The molecule has 1 aliphatic rings. The van der Waals surface area contributed by atoms with Crippen LogP contribution in [0.4, 0.5) is 0 Å². The van der Waals surface area contributed by atoms with Gasteiger partial charge in [-0.2, -0.15) is 0 Å². The topological polar surface area (TPSA) is 0 Å². The third-order valence-corrected chi connectivity index (χ3v) is 2.24. The van der Waals surface area contributed by atoms with Crippen molar-refractivity contribution in [2.75, 3.05) is 0 Å². The first-order chi connectivity index (χ1) is 6.36. The second kappa shape index (κ2) is 3.65. The van der Waals surface area contributed by atoms with Gasteiger partial charge < -0.3 is 0 Å². The smallest absolute Gasteiger partial charge is 0.0966 e. The zero-order valence-corrected chi connectivity index (χ0v) is 7.53.